The van der Waals surface area contributed by atoms with E-state index in [1.165, 1.54) is 32.8 Å². The largest absolute Gasteiger partial charge is 0.341 e. The molecule has 0 atom stereocenters. The number of hydrogen-bond acceptors (Lipinski definition) is 0. The third-order valence-electron chi connectivity index (χ3n) is 4.25. The molecule has 0 saturated heterocycles. The van der Waals surface area contributed by atoms with Crippen LogP contribution in [0.5, 0.6) is 0 Å². The van der Waals surface area contributed by atoms with Crippen LogP contribution in [0.4, 0.5) is 0 Å². The summed E-state index contributed by atoms with van der Waals surface area (Å²) >= 11 is 0. The molecule has 0 spiro atoms. The average Bonchev–Trinajstić information content (AvgIpc) is 2.85. The first-order chi connectivity index (χ1) is 10.1. The normalized spacial score (nSPS) is 12.5. The number of pyridine rings is 1. The minimum atomic E-state index is 0.0550. The predicted octanol–water partition coefficient (Wildman–Crippen LogP) is 5.65. The second-order valence-corrected chi connectivity index (χ2v) is 6.75. The van der Waals surface area contributed by atoms with Crippen LogP contribution >= 0.6 is 0 Å². The SMILES string of the molecule is CC(C)(C)n1cc2ccccc2c2cc3ccccc3c1-2. The van der Waals surface area contributed by atoms with Gasteiger partial charge in [0.1, 0.15) is 0 Å². The topological polar surface area (TPSA) is 4.93 Å². The molecule has 4 rings (SSSR count). The molecule has 1 nitrogen and oxygen atoms in total. The smallest absolute Gasteiger partial charge is 0.0571 e. The highest BCUT2D eigenvalue weighted by Crippen LogP contribution is 2.41. The number of nitrogens with zero attached hydrogens (tertiary/aromatic N) is 1. The predicted molar refractivity (Wildman–Crippen MR) is 91.1 cm³/mol. The molecule has 0 N–H and O–H groups in total. The molecule has 104 valence electrons. The van der Waals surface area contributed by atoms with Crippen LogP contribution in [-0.2, 0) is 5.54 Å². The molecule has 21 heavy (non-hydrogen) atoms. The zero-order valence-corrected chi connectivity index (χ0v) is 12.7. The van der Waals surface area contributed by atoms with E-state index in [-0.39, 0.29) is 5.54 Å². The van der Waals surface area contributed by atoms with E-state index in [0.717, 1.165) is 0 Å². The van der Waals surface area contributed by atoms with Gasteiger partial charge in [0.25, 0.3) is 0 Å². The van der Waals surface area contributed by atoms with E-state index in [9.17, 15) is 0 Å². The van der Waals surface area contributed by atoms with Crippen molar-refractivity contribution in [2.45, 2.75) is 26.3 Å². The van der Waals surface area contributed by atoms with Crippen molar-refractivity contribution in [1.82, 2.24) is 4.57 Å². The van der Waals surface area contributed by atoms with E-state index in [1.807, 2.05) is 0 Å². The van der Waals surface area contributed by atoms with Crippen molar-refractivity contribution in [2.24, 2.45) is 0 Å². The fourth-order valence-corrected chi connectivity index (χ4v) is 3.26. The van der Waals surface area contributed by atoms with Crippen LogP contribution in [-0.4, -0.2) is 4.57 Å². The van der Waals surface area contributed by atoms with Gasteiger partial charge in [0.05, 0.1) is 5.69 Å². The van der Waals surface area contributed by atoms with Crippen LogP contribution in [0.1, 0.15) is 20.8 Å². The first-order valence-corrected chi connectivity index (χ1v) is 7.48. The number of rotatable bonds is 0. The Hall–Kier alpha value is -2.28. The van der Waals surface area contributed by atoms with Gasteiger partial charge in [0.15, 0.2) is 0 Å². The summed E-state index contributed by atoms with van der Waals surface area (Å²) in [6.45, 7) is 6.80. The van der Waals surface area contributed by atoms with Crippen LogP contribution in [0.3, 0.4) is 0 Å². The second-order valence-electron chi connectivity index (χ2n) is 6.75. The monoisotopic (exact) mass is 273 g/mol. The quantitative estimate of drug-likeness (QED) is 0.390. The fourth-order valence-electron chi connectivity index (χ4n) is 3.26. The van der Waals surface area contributed by atoms with Crippen LogP contribution < -0.4 is 0 Å². The molecule has 0 saturated carbocycles. The van der Waals surface area contributed by atoms with Gasteiger partial charge < -0.3 is 4.57 Å². The molecule has 0 amide bonds. The molecular weight excluding hydrogens is 254 g/mol. The average molecular weight is 273 g/mol. The van der Waals surface area contributed by atoms with Gasteiger partial charge in [-0.15, -0.1) is 0 Å². The lowest BCUT2D eigenvalue weighted by molar-refractivity contribution is 0.402. The Labute approximate surface area is 125 Å². The third-order valence-corrected chi connectivity index (χ3v) is 4.25. The highest BCUT2D eigenvalue weighted by molar-refractivity contribution is 6.10. The van der Waals surface area contributed by atoms with Crippen molar-refractivity contribution in [3.05, 3.63) is 60.8 Å². The summed E-state index contributed by atoms with van der Waals surface area (Å²) < 4.78 is 2.42. The highest BCUT2D eigenvalue weighted by atomic mass is 15.0. The van der Waals surface area contributed by atoms with Crippen LogP contribution in [0.2, 0.25) is 0 Å². The number of benzene rings is 2. The Morgan fingerprint density at radius 1 is 0.762 bits per heavy atom. The first kappa shape index (κ1) is 12.5. The summed E-state index contributed by atoms with van der Waals surface area (Å²) in [7, 11) is 0. The maximum Gasteiger partial charge on any atom is 0.0571 e. The van der Waals surface area contributed by atoms with E-state index in [4.69, 9.17) is 0 Å². The van der Waals surface area contributed by atoms with Gasteiger partial charge in [-0.2, -0.15) is 0 Å². The van der Waals surface area contributed by atoms with Gasteiger partial charge in [-0.05, 0) is 43.0 Å². The van der Waals surface area contributed by atoms with Crippen molar-refractivity contribution in [1.29, 1.82) is 0 Å². The molecule has 1 aliphatic heterocycles. The molecule has 0 radical (unpaired) electrons. The molecule has 0 bridgehead atoms. The van der Waals surface area contributed by atoms with E-state index in [0.29, 0.717) is 0 Å². The summed E-state index contributed by atoms with van der Waals surface area (Å²) in [6, 6.07) is 19.7. The molecule has 0 aromatic heterocycles. The number of aromatic nitrogens is 1. The maximum atomic E-state index is 2.42. The summed E-state index contributed by atoms with van der Waals surface area (Å²) in [6.07, 6.45) is 2.30. The number of hydrogen-bond donors (Lipinski definition) is 0. The Morgan fingerprint density at radius 2 is 1.38 bits per heavy atom. The van der Waals surface area contributed by atoms with Crippen molar-refractivity contribution < 1.29 is 0 Å². The lowest BCUT2D eigenvalue weighted by Crippen LogP contribution is -2.23. The lowest BCUT2D eigenvalue weighted by Gasteiger charge is -2.28. The van der Waals surface area contributed by atoms with Gasteiger partial charge in [-0.25, -0.2) is 0 Å². The summed E-state index contributed by atoms with van der Waals surface area (Å²) in [5.74, 6) is 0. The van der Waals surface area contributed by atoms with Gasteiger partial charge in [-0.3, -0.25) is 0 Å². The lowest BCUT2D eigenvalue weighted by atomic mass is 10.00. The Balaban J connectivity index is 2.29. The summed E-state index contributed by atoms with van der Waals surface area (Å²) in [5, 5.41) is 5.30. The Bertz CT molecular complexity index is 922. The van der Waals surface area contributed by atoms with E-state index in [1.54, 1.807) is 0 Å². The zero-order chi connectivity index (χ0) is 14.6. The van der Waals surface area contributed by atoms with Gasteiger partial charge in [-0.1, -0.05) is 48.5 Å². The van der Waals surface area contributed by atoms with E-state index in [2.05, 4.69) is 86.1 Å². The molecule has 1 heteroatoms. The van der Waals surface area contributed by atoms with Crippen LogP contribution in [0.15, 0.2) is 60.8 Å². The standard InChI is InChI=1S/C20H19N/c1-20(2,3)21-13-15-9-5-6-10-16(15)18-12-14-8-4-7-11-17(14)19(18)21/h4-13H,1-3H3. The van der Waals surface area contributed by atoms with Crippen molar-refractivity contribution >= 4 is 21.5 Å². The molecular formula is C20H19N. The molecule has 2 aromatic carbocycles. The highest BCUT2D eigenvalue weighted by Gasteiger charge is 2.22. The minimum Gasteiger partial charge on any atom is -0.341 e. The molecule has 0 fully saturated rings. The Kier molecular flexibility index (Phi) is 2.44. The van der Waals surface area contributed by atoms with Gasteiger partial charge in [0.2, 0.25) is 0 Å². The minimum absolute atomic E-state index is 0.0550. The van der Waals surface area contributed by atoms with Crippen molar-refractivity contribution in [2.75, 3.05) is 0 Å². The van der Waals surface area contributed by atoms with Crippen LogP contribution in [0.25, 0.3) is 32.8 Å². The maximum absolute atomic E-state index is 2.42. The number of fused-ring (bicyclic) bond motifs is 5. The molecule has 1 heterocycles. The van der Waals surface area contributed by atoms with E-state index >= 15 is 0 Å². The first-order valence-electron chi connectivity index (χ1n) is 7.48. The fraction of sp³-hybridized carbons (Fsp3) is 0.200. The van der Waals surface area contributed by atoms with Gasteiger partial charge in [0, 0.05) is 22.7 Å². The van der Waals surface area contributed by atoms with E-state index < -0.39 is 0 Å². The van der Waals surface area contributed by atoms with Gasteiger partial charge >= 0.3 is 0 Å². The third kappa shape index (κ3) is 1.77. The zero-order valence-electron chi connectivity index (χ0n) is 12.7. The molecule has 2 aliphatic rings. The van der Waals surface area contributed by atoms with Crippen molar-refractivity contribution in [3.63, 3.8) is 0 Å². The molecule has 1 aliphatic carbocycles. The molecule has 2 aromatic rings. The second kappa shape index (κ2) is 4.11. The summed E-state index contributed by atoms with van der Waals surface area (Å²) in [5.41, 5.74) is 2.75. The van der Waals surface area contributed by atoms with Crippen LogP contribution in [0, 0.1) is 0 Å². The molecule has 0 unspecified atom stereocenters. The summed E-state index contributed by atoms with van der Waals surface area (Å²) in [4.78, 5) is 0. The Morgan fingerprint density at radius 3 is 2.10 bits per heavy atom. The van der Waals surface area contributed by atoms with Crippen molar-refractivity contribution in [3.8, 4) is 11.3 Å².